The van der Waals surface area contributed by atoms with Gasteiger partial charge in [0.25, 0.3) is 0 Å². The third kappa shape index (κ3) is 8.96. The van der Waals surface area contributed by atoms with Gasteiger partial charge in [0, 0.05) is 13.1 Å². The van der Waals surface area contributed by atoms with E-state index in [9.17, 15) is 9.59 Å². The van der Waals surface area contributed by atoms with Gasteiger partial charge >= 0.3 is 5.97 Å². The first-order valence-corrected chi connectivity index (χ1v) is 9.97. The van der Waals surface area contributed by atoms with Gasteiger partial charge < -0.3 is 27.3 Å². The second kappa shape index (κ2) is 14.9. The molecule has 7 N–H and O–H groups in total. The van der Waals surface area contributed by atoms with Crippen LogP contribution in [0, 0.1) is 11.3 Å². The van der Waals surface area contributed by atoms with Crippen molar-refractivity contribution in [3.63, 3.8) is 0 Å². The molecule has 7 nitrogen and oxygen atoms in total. The number of esters is 1. The van der Waals surface area contributed by atoms with E-state index in [2.05, 4.69) is 12.2 Å². The number of ether oxygens (including phenoxy) is 1. The number of nitrogens with one attached hydrogen (secondary N) is 1. The molecule has 0 aliphatic rings. The van der Waals surface area contributed by atoms with Crippen molar-refractivity contribution in [1.29, 1.82) is 0 Å². The van der Waals surface area contributed by atoms with Gasteiger partial charge in [-0.1, -0.05) is 32.6 Å². The number of amides is 1. The highest BCUT2D eigenvalue weighted by Gasteiger charge is 2.39. The van der Waals surface area contributed by atoms with Crippen molar-refractivity contribution in [3.8, 4) is 0 Å². The van der Waals surface area contributed by atoms with Crippen LogP contribution in [0.3, 0.4) is 0 Å². The lowest BCUT2D eigenvalue weighted by Crippen LogP contribution is -2.46. The van der Waals surface area contributed by atoms with E-state index in [4.69, 9.17) is 21.9 Å². The van der Waals surface area contributed by atoms with Crippen molar-refractivity contribution in [2.75, 3.05) is 33.3 Å². The third-order valence-corrected chi connectivity index (χ3v) is 5.00. The van der Waals surface area contributed by atoms with Gasteiger partial charge in [0.05, 0.1) is 18.4 Å². The largest absolute Gasteiger partial charge is 0.469 e. The summed E-state index contributed by atoms with van der Waals surface area (Å²) in [6, 6.07) is 0. The summed E-state index contributed by atoms with van der Waals surface area (Å²) in [6.45, 7) is 3.68. The zero-order valence-electron chi connectivity index (χ0n) is 16.7. The van der Waals surface area contributed by atoms with E-state index in [1.807, 2.05) is 0 Å². The summed E-state index contributed by atoms with van der Waals surface area (Å²) in [5.74, 6) is -0.615. The Labute approximate surface area is 158 Å². The Bertz CT molecular complexity index is 383. The summed E-state index contributed by atoms with van der Waals surface area (Å²) in [6.07, 6.45) is 7.72. The molecule has 26 heavy (non-hydrogen) atoms. The quantitative estimate of drug-likeness (QED) is 0.238. The zero-order valence-corrected chi connectivity index (χ0v) is 16.7. The SMILES string of the molecule is CCCCCCC(CN)C(=O)NCC(CCCN)(CCCN)C(=O)OC. The predicted molar refractivity (Wildman–Crippen MR) is 105 cm³/mol. The number of hydrogen-bond acceptors (Lipinski definition) is 6. The first kappa shape index (κ1) is 24.8. The molecular weight excluding hydrogens is 332 g/mol. The van der Waals surface area contributed by atoms with Gasteiger partial charge in [-0.2, -0.15) is 0 Å². The van der Waals surface area contributed by atoms with Crippen LogP contribution in [0.25, 0.3) is 0 Å². The molecule has 0 radical (unpaired) electrons. The van der Waals surface area contributed by atoms with Crippen LogP contribution in [0.1, 0.15) is 64.7 Å². The molecule has 1 amide bonds. The van der Waals surface area contributed by atoms with Gasteiger partial charge in [-0.3, -0.25) is 9.59 Å². The van der Waals surface area contributed by atoms with Gasteiger partial charge in [0.1, 0.15) is 0 Å². The van der Waals surface area contributed by atoms with E-state index >= 15 is 0 Å². The van der Waals surface area contributed by atoms with Gasteiger partial charge in [-0.25, -0.2) is 0 Å². The summed E-state index contributed by atoms with van der Waals surface area (Å²) in [7, 11) is 1.38. The molecule has 1 unspecified atom stereocenters. The molecule has 0 fully saturated rings. The van der Waals surface area contributed by atoms with Crippen molar-refractivity contribution < 1.29 is 14.3 Å². The molecule has 1 atom stereocenters. The number of unbranched alkanes of at least 4 members (excludes halogenated alkanes) is 3. The Balaban J connectivity index is 4.89. The maximum atomic E-state index is 12.6. The Morgan fingerprint density at radius 3 is 2.08 bits per heavy atom. The van der Waals surface area contributed by atoms with E-state index < -0.39 is 5.41 Å². The van der Waals surface area contributed by atoms with Crippen LogP contribution in [0.5, 0.6) is 0 Å². The molecule has 0 heterocycles. The molecule has 0 spiro atoms. The standard InChI is InChI=1S/C19H40N4O3/c1-3-4-5-6-9-16(14-22)17(24)23-15-19(10-7-12-20,11-8-13-21)18(25)26-2/h16H,3-15,20-22H2,1-2H3,(H,23,24). The number of nitrogens with two attached hydrogens (primary N) is 3. The van der Waals surface area contributed by atoms with Crippen LogP contribution in [0.2, 0.25) is 0 Å². The van der Waals surface area contributed by atoms with Crippen molar-refractivity contribution in [2.45, 2.75) is 64.7 Å². The molecule has 0 aliphatic carbocycles. The molecule has 0 aromatic rings. The van der Waals surface area contributed by atoms with Crippen LogP contribution in [-0.4, -0.2) is 45.2 Å². The molecule has 7 heteroatoms. The third-order valence-electron chi connectivity index (χ3n) is 5.00. The summed E-state index contributed by atoms with van der Waals surface area (Å²) in [5.41, 5.74) is 16.3. The summed E-state index contributed by atoms with van der Waals surface area (Å²) >= 11 is 0. The second-order valence-corrected chi connectivity index (χ2v) is 7.06. The Hall–Kier alpha value is -1.18. The topological polar surface area (TPSA) is 133 Å². The molecule has 0 saturated heterocycles. The molecule has 154 valence electrons. The minimum Gasteiger partial charge on any atom is -0.469 e. The normalized spacial score (nSPS) is 12.7. The molecule has 0 aromatic carbocycles. The monoisotopic (exact) mass is 372 g/mol. The average molecular weight is 373 g/mol. The van der Waals surface area contributed by atoms with E-state index in [-0.39, 0.29) is 24.3 Å². The summed E-state index contributed by atoms with van der Waals surface area (Å²) in [4.78, 5) is 25.0. The summed E-state index contributed by atoms with van der Waals surface area (Å²) in [5, 5.41) is 2.95. The maximum Gasteiger partial charge on any atom is 0.313 e. The molecule has 0 bridgehead atoms. The van der Waals surface area contributed by atoms with Gasteiger partial charge in [-0.15, -0.1) is 0 Å². The second-order valence-electron chi connectivity index (χ2n) is 7.06. The minimum atomic E-state index is -0.773. The summed E-state index contributed by atoms with van der Waals surface area (Å²) < 4.78 is 5.02. The smallest absolute Gasteiger partial charge is 0.313 e. The highest BCUT2D eigenvalue weighted by atomic mass is 16.5. The zero-order chi connectivity index (χ0) is 19.8. The lowest BCUT2D eigenvalue weighted by Gasteiger charge is -2.32. The van der Waals surface area contributed by atoms with Crippen molar-refractivity contribution in [2.24, 2.45) is 28.5 Å². The van der Waals surface area contributed by atoms with E-state index in [1.54, 1.807) is 0 Å². The molecule has 0 saturated carbocycles. The molecule has 0 aromatic heterocycles. The predicted octanol–water partition coefficient (Wildman–Crippen LogP) is 1.29. The van der Waals surface area contributed by atoms with Crippen LogP contribution in [0.15, 0.2) is 0 Å². The molecular formula is C19H40N4O3. The van der Waals surface area contributed by atoms with Gasteiger partial charge in [0.2, 0.25) is 5.91 Å². The Morgan fingerprint density at radius 2 is 1.62 bits per heavy atom. The van der Waals surface area contributed by atoms with Gasteiger partial charge in [0.15, 0.2) is 0 Å². The van der Waals surface area contributed by atoms with Crippen LogP contribution in [-0.2, 0) is 14.3 Å². The number of carbonyl (C=O) groups excluding carboxylic acids is 2. The van der Waals surface area contributed by atoms with E-state index in [0.717, 1.165) is 25.7 Å². The highest BCUT2D eigenvalue weighted by Crippen LogP contribution is 2.31. The molecule has 0 aliphatic heterocycles. The van der Waals surface area contributed by atoms with Crippen molar-refractivity contribution >= 4 is 11.9 Å². The fraction of sp³-hybridized carbons (Fsp3) is 0.895. The van der Waals surface area contributed by atoms with Crippen molar-refractivity contribution in [1.82, 2.24) is 5.32 Å². The lowest BCUT2D eigenvalue weighted by molar-refractivity contribution is -0.154. The van der Waals surface area contributed by atoms with Gasteiger partial charge in [-0.05, 0) is 45.2 Å². The Morgan fingerprint density at radius 1 is 1.00 bits per heavy atom. The first-order valence-electron chi connectivity index (χ1n) is 9.97. The lowest BCUT2D eigenvalue weighted by atomic mass is 9.78. The van der Waals surface area contributed by atoms with E-state index in [1.165, 1.54) is 13.5 Å². The van der Waals surface area contributed by atoms with Crippen LogP contribution >= 0.6 is 0 Å². The van der Waals surface area contributed by atoms with Crippen LogP contribution in [0.4, 0.5) is 0 Å². The molecule has 0 rings (SSSR count). The number of methoxy groups -OCH3 is 1. The fourth-order valence-corrected chi connectivity index (χ4v) is 3.25. The average Bonchev–Trinajstić information content (AvgIpc) is 2.67. The fourth-order valence-electron chi connectivity index (χ4n) is 3.25. The van der Waals surface area contributed by atoms with E-state index in [0.29, 0.717) is 45.3 Å². The Kier molecular flexibility index (Phi) is 14.3. The van der Waals surface area contributed by atoms with Crippen LogP contribution < -0.4 is 22.5 Å². The number of hydrogen-bond donors (Lipinski definition) is 4. The van der Waals surface area contributed by atoms with Crippen molar-refractivity contribution in [3.05, 3.63) is 0 Å². The highest BCUT2D eigenvalue weighted by molar-refractivity contribution is 5.81. The first-order chi connectivity index (χ1) is 12.5. The number of carbonyl (C=O) groups is 2. The number of rotatable bonds is 16. The minimum absolute atomic E-state index is 0.0854. The maximum absolute atomic E-state index is 12.6.